The van der Waals surface area contributed by atoms with E-state index in [4.69, 9.17) is 0 Å². The van der Waals surface area contributed by atoms with E-state index in [9.17, 15) is 13.2 Å². The second-order valence-electron chi connectivity index (χ2n) is 6.48. The van der Waals surface area contributed by atoms with Crippen molar-refractivity contribution >= 4 is 21.6 Å². The van der Waals surface area contributed by atoms with E-state index < -0.39 is 10.0 Å². The number of hydrogen-bond donors (Lipinski definition) is 2. The highest BCUT2D eigenvalue weighted by Gasteiger charge is 2.47. The van der Waals surface area contributed by atoms with Gasteiger partial charge in [0.25, 0.3) is 0 Å². The number of benzene rings is 1. The van der Waals surface area contributed by atoms with Gasteiger partial charge in [-0.3, -0.25) is 4.79 Å². The van der Waals surface area contributed by atoms with Gasteiger partial charge in [0.1, 0.15) is 0 Å². The number of carbonyl (C=O) groups is 1. The van der Waals surface area contributed by atoms with Crippen molar-refractivity contribution in [2.45, 2.75) is 32.2 Å². The Kier molecular flexibility index (Phi) is 4.23. The molecule has 6 heteroatoms. The smallest absolute Gasteiger partial charge is 0.227 e. The summed E-state index contributed by atoms with van der Waals surface area (Å²) in [6, 6.07) is 7.30. The maximum atomic E-state index is 12.3. The molecule has 0 aliphatic heterocycles. The zero-order valence-electron chi connectivity index (χ0n) is 12.7. The van der Waals surface area contributed by atoms with Crippen molar-refractivity contribution in [3.8, 4) is 0 Å². The minimum absolute atomic E-state index is 0.130. The molecule has 3 rings (SSSR count). The highest BCUT2D eigenvalue weighted by molar-refractivity contribution is 7.88. The SMILES string of the molecule is CS(=O)(=O)NCc1ccc(NC(=O)C2CC3CCCC32)cc1. The summed E-state index contributed by atoms with van der Waals surface area (Å²) < 4.78 is 24.6. The molecule has 1 aromatic rings. The summed E-state index contributed by atoms with van der Waals surface area (Å²) in [5.41, 5.74) is 1.64. The number of rotatable bonds is 5. The second kappa shape index (κ2) is 6.01. The lowest BCUT2D eigenvalue weighted by Crippen LogP contribution is -2.41. The summed E-state index contributed by atoms with van der Waals surface area (Å²) >= 11 is 0. The number of fused-ring (bicyclic) bond motifs is 1. The van der Waals surface area contributed by atoms with E-state index in [0.717, 1.165) is 29.8 Å². The molecule has 2 aliphatic carbocycles. The first-order chi connectivity index (χ1) is 10.4. The van der Waals surface area contributed by atoms with E-state index in [2.05, 4.69) is 10.0 Å². The van der Waals surface area contributed by atoms with Crippen LogP contribution < -0.4 is 10.0 Å². The maximum Gasteiger partial charge on any atom is 0.227 e. The Labute approximate surface area is 131 Å². The number of hydrogen-bond acceptors (Lipinski definition) is 3. The molecule has 2 fully saturated rings. The molecule has 1 amide bonds. The highest BCUT2D eigenvalue weighted by Crippen LogP contribution is 2.51. The minimum atomic E-state index is -3.19. The quantitative estimate of drug-likeness (QED) is 0.872. The van der Waals surface area contributed by atoms with Gasteiger partial charge in [0, 0.05) is 18.2 Å². The van der Waals surface area contributed by atoms with Gasteiger partial charge in [-0.1, -0.05) is 25.0 Å². The number of anilines is 1. The topological polar surface area (TPSA) is 75.3 Å². The fourth-order valence-electron chi connectivity index (χ4n) is 3.65. The molecule has 120 valence electrons. The molecule has 0 radical (unpaired) electrons. The monoisotopic (exact) mass is 322 g/mol. The second-order valence-corrected chi connectivity index (χ2v) is 8.31. The van der Waals surface area contributed by atoms with E-state index in [-0.39, 0.29) is 18.4 Å². The molecule has 0 spiro atoms. The van der Waals surface area contributed by atoms with E-state index in [1.54, 1.807) is 0 Å². The summed E-state index contributed by atoms with van der Waals surface area (Å²) in [7, 11) is -3.19. The minimum Gasteiger partial charge on any atom is -0.326 e. The first-order valence-electron chi connectivity index (χ1n) is 7.77. The molecular weight excluding hydrogens is 300 g/mol. The largest absolute Gasteiger partial charge is 0.326 e. The Bertz CT molecular complexity index is 654. The third-order valence-corrected chi connectivity index (χ3v) is 5.56. The fourth-order valence-corrected chi connectivity index (χ4v) is 4.08. The van der Waals surface area contributed by atoms with Gasteiger partial charge < -0.3 is 5.32 Å². The summed E-state index contributed by atoms with van der Waals surface area (Å²) in [4.78, 5) is 12.3. The van der Waals surface area contributed by atoms with Crippen LogP contribution in [0.15, 0.2) is 24.3 Å². The Morgan fingerprint density at radius 1 is 1.23 bits per heavy atom. The summed E-state index contributed by atoms with van der Waals surface area (Å²) in [6.07, 6.45) is 5.92. The van der Waals surface area contributed by atoms with Crippen molar-refractivity contribution in [2.24, 2.45) is 17.8 Å². The normalized spacial score (nSPS) is 27.0. The number of sulfonamides is 1. The molecule has 3 atom stereocenters. The van der Waals surface area contributed by atoms with Crippen molar-refractivity contribution in [2.75, 3.05) is 11.6 Å². The third kappa shape index (κ3) is 3.50. The number of amides is 1. The first-order valence-corrected chi connectivity index (χ1v) is 9.66. The first kappa shape index (κ1) is 15.5. The van der Waals surface area contributed by atoms with Crippen molar-refractivity contribution in [3.05, 3.63) is 29.8 Å². The zero-order chi connectivity index (χ0) is 15.7. The molecule has 2 saturated carbocycles. The molecule has 0 aromatic heterocycles. The van der Waals surface area contributed by atoms with Gasteiger partial charge in [-0.15, -0.1) is 0 Å². The highest BCUT2D eigenvalue weighted by atomic mass is 32.2. The van der Waals surface area contributed by atoms with Crippen LogP contribution in [0.25, 0.3) is 0 Å². The van der Waals surface area contributed by atoms with Gasteiger partial charge in [0.15, 0.2) is 0 Å². The molecule has 22 heavy (non-hydrogen) atoms. The Morgan fingerprint density at radius 3 is 2.59 bits per heavy atom. The zero-order valence-corrected chi connectivity index (χ0v) is 13.5. The molecule has 2 N–H and O–H groups in total. The van der Waals surface area contributed by atoms with Crippen LogP contribution in [0.3, 0.4) is 0 Å². The van der Waals surface area contributed by atoms with Crippen LogP contribution >= 0.6 is 0 Å². The van der Waals surface area contributed by atoms with Gasteiger partial charge in [-0.05, 0) is 42.4 Å². The van der Waals surface area contributed by atoms with E-state index in [1.807, 2.05) is 24.3 Å². The molecule has 5 nitrogen and oxygen atoms in total. The molecule has 0 bridgehead atoms. The molecule has 2 aliphatic rings. The van der Waals surface area contributed by atoms with E-state index >= 15 is 0 Å². The van der Waals surface area contributed by atoms with Crippen LogP contribution in [0, 0.1) is 17.8 Å². The van der Waals surface area contributed by atoms with Crippen molar-refractivity contribution in [1.82, 2.24) is 4.72 Å². The Morgan fingerprint density at radius 2 is 1.95 bits per heavy atom. The molecular formula is C16H22N2O3S. The predicted octanol–water partition coefficient (Wildman–Crippen LogP) is 2.11. The van der Waals surface area contributed by atoms with E-state index in [1.165, 1.54) is 19.3 Å². The lowest BCUT2D eigenvalue weighted by atomic mass is 9.66. The van der Waals surface area contributed by atoms with Crippen LogP contribution in [0.4, 0.5) is 5.69 Å². The van der Waals surface area contributed by atoms with Crippen molar-refractivity contribution in [1.29, 1.82) is 0 Å². The standard InChI is InChI=1S/C16H22N2O3S/c1-22(20,21)17-10-11-5-7-13(8-6-11)18-16(19)15-9-12-3-2-4-14(12)15/h5-8,12,14-15,17H,2-4,9-10H2,1H3,(H,18,19). The number of nitrogens with one attached hydrogen (secondary N) is 2. The summed E-state index contributed by atoms with van der Waals surface area (Å²) in [5, 5.41) is 2.98. The third-order valence-electron chi connectivity index (χ3n) is 4.89. The van der Waals surface area contributed by atoms with Crippen molar-refractivity contribution < 1.29 is 13.2 Å². The van der Waals surface area contributed by atoms with Crippen LogP contribution in [0.1, 0.15) is 31.2 Å². The Balaban J connectivity index is 1.53. The van der Waals surface area contributed by atoms with Crippen LogP contribution in [-0.2, 0) is 21.4 Å². The fraction of sp³-hybridized carbons (Fsp3) is 0.562. The number of carbonyl (C=O) groups excluding carboxylic acids is 1. The van der Waals surface area contributed by atoms with E-state index in [0.29, 0.717) is 5.92 Å². The lowest BCUT2D eigenvalue weighted by molar-refractivity contribution is -0.126. The van der Waals surface area contributed by atoms with Gasteiger partial charge >= 0.3 is 0 Å². The van der Waals surface area contributed by atoms with Gasteiger partial charge in [0.05, 0.1) is 6.26 Å². The lowest BCUT2D eigenvalue weighted by Gasteiger charge is -2.39. The van der Waals surface area contributed by atoms with Crippen LogP contribution in [0.5, 0.6) is 0 Å². The van der Waals surface area contributed by atoms with Gasteiger partial charge in [0.2, 0.25) is 15.9 Å². The average Bonchev–Trinajstić information content (AvgIpc) is 2.78. The molecule has 3 unspecified atom stereocenters. The molecule has 0 heterocycles. The summed E-state index contributed by atoms with van der Waals surface area (Å²) in [6.45, 7) is 0.263. The average molecular weight is 322 g/mol. The maximum absolute atomic E-state index is 12.3. The van der Waals surface area contributed by atoms with Gasteiger partial charge in [-0.25, -0.2) is 13.1 Å². The Hall–Kier alpha value is -1.40. The summed E-state index contributed by atoms with van der Waals surface area (Å²) in [5.74, 6) is 1.68. The van der Waals surface area contributed by atoms with Crippen LogP contribution in [0.2, 0.25) is 0 Å². The molecule has 1 aromatic carbocycles. The van der Waals surface area contributed by atoms with Crippen molar-refractivity contribution in [3.63, 3.8) is 0 Å². The van der Waals surface area contributed by atoms with Gasteiger partial charge in [-0.2, -0.15) is 0 Å². The van der Waals surface area contributed by atoms with Crippen LogP contribution in [-0.4, -0.2) is 20.6 Å². The molecule has 0 saturated heterocycles. The predicted molar refractivity (Wildman–Crippen MR) is 85.7 cm³/mol.